The Hall–Kier alpha value is -0.420. The fraction of sp³-hybridized carbons (Fsp3) is 0.250. The maximum absolute atomic E-state index is 13.1. The molecule has 0 amide bonds. The number of halogens is 5. The highest BCUT2D eigenvalue weighted by molar-refractivity contribution is 9.08. The Balaban J connectivity index is 3.11. The Bertz CT molecular complexity index is 333. The van der Waals surface area contributed by atoms with E-state index in [0.29, 0.717) is 0 Å². The predicted molar refractivity (Wildman–Crippen MR) is 50.7 cm³/mol. The van der Waals surface area contributed by atoms with Gasteiger partial charge in [-0.1, -0.05) is 27.5 Å². The molecule has 0 aliphatic heterocycles. The van der Waals surface area contributed by atoms with Gasteiger partial charge in [0.05, 0.1) is 0 Å². The quantitative estimate of drug-likeness (QED) is 0.765. The van der Waals surface area contributed by atoms with Crippen molar-refractivity contribution in [3.8, 4) is 5.75 Å². The highest BCUT2D eigenvalue weighted by Gasteiger charge is 2.15. The maximum atomic E-state index is 13.1. The predicted octanol–water partition coefficient (Wildman–Crippen LogP) is 3.98. The molecule has 0 aromatic heterocycles. The van der Waals surface area contributed by atoms with Gasteiger partial charge < -0.3 is 4.74 Å². The van der Waals surface area contributed by atoms with Crippen molar-refractivity contribution in [3.63, 3.8) is 0 Å². The zero-order chi connectivity index (χ0) is 10.7. The fourth-order valence-corrected chi connectivity index (χ4v) is 1.58. The van der Waals surface area contributed by atoms with E-state index in [1.807, 2.05) is 0 Å². The van der Waals surface area contributed by atoms with Gasteiger partial charge in [-0.05, 0) is 12.1 Å². The molecule has 0 bridgehead atoms. The first-order chi connectivity index (χ1) is 6.54. The third kappa shape index (κ3) is 2.78. The topological polar surface area (TPSA) is 9.23 Å². The van der Waals surface area contributed by atoms with Crippen LogP contribution in [0.2, 0.25) is 5.02 Å². The van der Waals surface area contributed by atoms with Crippen molar-refractivity contribution in [3.05, 3.63) is 28.5 Å². The molecule has 78 valence electrons. The molecule has 0 spiro atoms. The van der Waals surface area contributed by atoms with Gasteiger partial charge in [0.1, 0.15) is 0 Å². The van der Waals surface area contributed by atoms with Crippen LogP contribution in [0.4, 0.5) is 13.2 Å². The molecule has 0 unspecified atom stereocenters. The SMILES string of the molecule is Fc1cc(Cl)cc(CBr)c1OC(F)F. The molecule has 6 heteroatoms. The third-order valence-electron chi connectivity index (χ3n) is 1.44. The number of alkyl halides is 3. The van der Waals surface area contributed by atoms with Crippen molar-refractivity contribution in [1.29, 1.82) is 0 Å². The van der Waals surface area contributed by atoms with Gasteiger partial charge in [-0.3, -0.25) is 0 Å². The van der Waals surface area contributed by atoms with Crippen LogP contribution in [0, 0.1) is 5.82 Å². The lowest BCUT2D eigenvalue weighted by Crippen LogP contribution is -2.06. The van der Waals surface area contributed by atoms with Crippen LogP contribution >= 0.6 is 27.5 Å². The van der Waals surface area contributed by atoms with Crippen LogP contribution in [0.5, 0.6) is 5.75 Å². The van der Waals surface area contributed by atoms with Crippen LogP contribution in [0.3, 0.4) is 0 Å². The lowest BCUT2D eigenvalue weighted by atomic mass is 10.2. The van der Waals surface area contributed by atoms with Crippen molar-refractivity contribution < 1.29 is 17.9 Å². The summed E-state index contributed by atoms with van der Waals surface area (Å²) >= 11 is 8.55. The van der Waals surface area contributed by atoms with Crippen LogP contribution in [-0.2, 0) is 5.33 Å². The van der Waals surface area contributed by atoms with E-state index in [1.165, 1.54) is 6.07 Å². The standard InChI is InChI=1S/C8H5BrClF3O/c9-3-4-1-5(10)2-6(11)7(4)14-8(12)13/h1-2,8H,3H2. The molecule has 14 heavy (non-hydrogen) atoms. The van der Waals surface area contributed by atoms with Crippen molar-refractivity contribution in [2.24, 2.45) is 0 Å². The molecular formula is C8H5BrClF3O. The van der Waals surface area contributed by atoms with Gasteiger partial charge in [0.15, 0.2) is 11.6 Å². The smallest absolute Gasteiger partial charge is 0.387 e. The van der Waals surface area contributed by atoms with Gasteiger partial charge in [0.2, 0.25) is 0 Å². The zero-order valence-corrected chi connectivity index (χ0v) is 9.08. The van der Waals surface area contributed by atoms with Gasteiger partial charge in [0.25, 0.3) is 0 Å². The number of benzene rings is 1. The van der Waals surface area contributed by atoms with Gasteiger partial charge >= 0.3 is 6.61 Å². The van der Waals surface area contributed by atoms with Crippen LogP contribution in [-0.4, -0.2) is 6.61 Å². The zero-order valence-electron chi connectivity index (χ0n) is 6.74. The average Bonchev–Trinajstić information content (AvgIpc) is 2.08. The first-order valence-electron chi connectivity index (χ1n) is 3.53. The first kappa shape index (κ1) is 11.7. The van der Waals surface area contributed by atoms with E-state index in [9.17, 15) is 13.2 Å². The van der Waals surface area contributed by atoms with Gasteiger partial charge in [-0.15, -0.1) is 0 Å². The minimum Gasteiger partial charge on any atom is -0.431 e. The highest BCUT2D eigenvalue weighted by Crippen LogP contribution is 2.29. The van der Waals surface area contributed by atoms with Gasteiger partial charge in [-0.25, -0.2) is 4.39 Å². The maximum Gasteiger partial charge on any atom is 0.387 e. The van der Waals surface area contributed by atoms with E-state index in [-0.39, 0.29) is 15.9 Å². The Morgan fingerprint density at radius 3 is 2.57 bits per heavy atom. The summed E-state index contributed by atoms with van der Waals surface area (Å²) in [7, 11) is 0. The Labute approximate surface area is 91.9 Å². The summed E-state index contributed by atoms with van der Waals surface area (Å²) in [4.78, 5) is 0. The molecular weight excluding hydrogens is 284 g/mol. The molecule has 0 N–H and O–H groups in total. The Kier molecular flexibility index (Phi) is 4.07. The van der Waals surface area contributed by atoms with Crippen LogP contribution in [0.15, 0.2) is 12.1 Å². The summed E-state index contributed by atoms with van der Waals surface area (Å²) in [5.74, 6) is -1.37. The molecule has 0 fully saturated rings. The summed E-state index contributed by atoms with van der Waals surface area (Å²) < 4.78 is 40.9. The summed E-state index contributed by atoms with van der Waals surface area (Å²) in [5.41, 5.74) is 0.246. The summed E-state index contributed by atoms with van der Waals surface area (Å²) in [6.45, 7) is -3.05. The minimum absolute atomic E-state index is 0.138. The van der Waals surface area contributed by atoms with Gasteiger partial charge in [-0.2, -0.15) is 8.78 Å². The molecule has 0 saturated heterocycles. The number of hydrogen-bond donors (Lipinski definition) is 0. The molecule has 0 heterocycles. The van der Waals surface area contributed by atoms with Crippen molar-refractivity contribution in [2.45, 2.75) is 11.9 Å². The number of ether oxygens (including phenoxy) is 1. The normalized spacial score (nSPS) is 10.7. The molecule has 1 aromatic carbocycles. The largest absolute Gasteiger partial charge is 0.431 e. The highest BCUT2D eigenvalue weighted by atomic mass is 79.9. The lowest BCUT2D eigenvalue weighted by molar-refractivity contribution is -0.0526. The Morgan fingerprint density at radius 1 is 1.43 bits per heavy atom. The average molecular weight is 289 g/mol. The van der Waals surface area contributed by atoms with Crippen molar-refractivity contribution >= 4 is 27.5 Å². The number of rotatable bonds is 3. The second-order valence-electron chi connectivity index (χ2n) is 2.39. The van der Waals surface area contributed by atoms with Crippen molar-refractivity contribution in [1.82, 2.24) is 0 Å². The molecule has 1 nitrogen and oxygen atoms in total. The molecule has 0 saturated carbocycles. The second kappa shape index (κ2) is 4.89. The van der Waals surface area contributed by atoms with Gasteiger partial charge in [0, 0.05) is 15.9 Å². The van der Waals surface area contributed by atoms with Crippen molar-refractivity contribution in [2.75, 3.05) is 0 Å². The summed E-state index contributed by atoms with van der Waals surface area (Å²) in [6, 6.07) is 2.28. The molecule has 1 rings (SSSR count). The Morgan fingerprint density at radius 2 is 2.07 bits per heavy atom. The minimum atomic E-state index is -3.05. The third-order valence-corrected chi connectivity index (χ3v) is 2.26. The van der Waals surface area contributed by atoms with E-state index >= 15 is 0 Å². The van der Waals surface area contributed by atoms with E-state index in [0.717, 1.165) is 6.07 Å². The first-order valence-corrected chi connectivity index (χ1v) is 5.03. The second-order valence-corrected chi connectivity index (χ2v) is 3.39. The van der Waals surface area contributed by atoms with Crippen LogP contribution in [0.25, 0.3) is 0 Å². The molecule has 0 atom stereocenters. The van der Waals surface area contributed by atoms with E-state index in [2.05, 4.69) is 20.7 Å². The molecule has 0 aliphatic carbocycles. The van der Waals surface area contributed by atoms with Crippen LogP contribution in [0.1, 0.15) is 5.56 Å². The van der Waals surface area contributed by atoms with Crippen LogP contribution < -0.4 is 4.74 Å². The van der Waals surface area contributed by atoms with E-state index in [4.69, 9.17) is 11.6 Å². The summed E-state index contributed by atoms with van der Waals surface area (Å²) in [6.07, 6.45) is 0. The van der Waals surface area contributed by atoms with E-state index in [1.54, 1.807) is 0 Å². The fourth-order valence-electron chi connectivity index (χ4n) is 0.934. The molecule has 1 aromatic rings. The number of hydrogen-bond acceptors (Lipinski definition) is 1. The molecule has 0 aliphatic rings. The monoisotopic (exact) mass is 288 g/mol. The molecule has 0 radical (unpaired) electrons. The summed E-state index contributed by atoms with van der Waals surface area (Å²) in [5, 5.41) is 0.325. The van der Waals surface area contributed by atoms with E-state index < -0.39 is 18.2 Å². The lowest BCUT2D eigenvalue weighted by Gasteiger charge is -2.10.